The molecule has 1 atom stereocenters. The molecule has 1 amide bonds. The third-order valence-electron chi connectivity index (χ3n) is 5.65. The number of nitrogens with zero attached hydrogens (tertiary/aromatic N) is 1. The number of hydrogen-bond donors (Lipinski definition) is 1. The number of sulfonamides is 1. The van der Waals surface area contributed by atoms with E-state index in [1.54, 1.807) is 48.5 Å². The van der Waals surface area contributed by atoms with E-state index in [-0.39, 0.29) is 16.8 Å². The number of hydrogen-bond acceptors (Lipinski definition) is 3. The zero-order chi connectivity index (χ0) is 21.5. The van der Waals surface area contributed by atoms with Crippen LogP contribution in [-0.4, -0.2) is 20.4 Å². The first-order valence-corrected chi connectivity index (χ1v) is 11.3. The Kier molecular flexibility index (Phi) is 5.12. The van der Waals surface area contributed by atoms with E-state index in [2.05, 4.69) is 5.32 Å². The van der Waals surface area contributed by atoms with Crippen LogP contribution in [0.2, 0.25) is 0 Å². The summed E-state index contributed by atoms with van der Waals surface area (Å²) in [6, 6.07) is 19.2. The van der Waals surface area contributed by atoms with E-state index in [1.807, 2.05) is 39.0 Å². The van der Waals surface area contributed by atoms with Gasteiger partial charge in [0.25, 0.3) is 15.9 Å². The fraction of sp³-hybridized carbons (Fsp3) is 0.208. The number of carbonyl (C=O) groups excluding carboxylic acids is 1. The summed E-state index contributed by atoms with van der Waals surface area (Å²) in [5.41, 5.74) is 4.92. The SMILES string of the molecule is Cc1cccc(NC(=O)c2ccc3c(c2)C[C@@H](C)N3S(=O)(=O)c2ccccc2)c1C. The lowest BCUT2D eigenvalue weighted by Crippen LogP contribution is -2.35. The Bertz CT molecular complexity index is 1220. The van der Waals surface area contributed by atoms with E-state index in [0.717, 1.165) is 22.4 Å². The van der Waals surface area contributed by atoms with E-state index in [1.165, 1.54) is 4.31 Å². The van der Waals surface area contributed by atoms with Gasteiger partial charge in [-0.2, -0.15) is 0 Å². The number of nitrogens with one attached hydrogen (secondary N) is 1. The van der Waals surface area contributed by atoms with Crippen LogP contribution < -0.4 is 9.62 Å². The highest BCUT2D eigenvalue weighted by Gasteiger charge is 2.36. The monoisotopic (exact) mass is 420 g/mol. The third kappa shape index (κ3) is 3.48. The van der Waals surface area contributed by atoms with Crippen molar-refractivity contribution in [2.24, 2.45) is 0 Å². The molecule has 0 saturated heterocycles. The molecular formula is C24H24N2O3S. The topological polar surface area (TPSA) is 66.5 Å². The Hall–Kier alpha value is -3.12. The Morgan fingerprint density at radius 2 is 1.73 bits per heavy atom. The van der Waals surface area contributed by atoms with E-state index >= 15 is 0 Å². The van der Waals surface area contributed by atoms with Gasteiger partial charge in [0.2, 0.25) is 0 Å². The highest BCUT2D eigenvalue weighted by atomic mass is 32.2. The molecule has 1 aliphatic heterocycles. The molecule has 154 valence electrons. The summed E-state index contributed by atoms with van der Waals surface area (Å²) in [5.74, 6) is -0.205. The summed E-state index contributed by atoms with van der Waals surface area (Å²) < 4.78 is 27.8. The van der Waals surface area contributed by atoms with Crippen molar-refractivity contribution in [3.63, 3.8) is 0 Å². The van der Waals surface area contributed by atoms with Crippen molar-refractivity contribution in [2.75, 3.05) is 9.62 Å². The molecule has 1 N–H and O–H groups in total. The van der Waals surface area contributed by atoms with Gasteiger partial charge in [0.1, 0.15) is 0 Å². The molecule has 1 heterocycles. The maximum Gasteiger partial charge on any atom is 0.264 e. The number of benzene rings is 3. The number of anilines is 2. The van der Waals surface area contributed by atoms with Crippen LogP contribution in [0, 0.1) is 13.8 Å². The van der Waals surface area contributed by atoms with Crippen molar-refractivity contribution >= 4 is 27.3 Å². The highest BCUT2D eigenvalue weighted by Crippen LogP contribution is 2.37. The maximum atomic E-state index is 13.2. The minimum Gasteiger partial charge on any atom is -0.322 e. The van der Waals surface area contributed by atoms with Gasteiger partial charge in [0.15, 0.2) is 0 Å². The van der Waals surface area contributed by atoms with Crippen LogP contribution in [0.1, 0.15) is 34.0 Å². The second-order valence-corrected chi connectivity index (χ2v) is 9.53. The first-order chi connectivity index (χ1) is 14.3. The van der Waals surface area contributed by atoms with Gasteiger partial charge in [-0.1, -0.05) is 30.3 Å². The average molecular weight is 421 g/mol. The quantitative estimate of drug-likeness (QED) is 0.666. The van der Waals surface area contributed by atoms with Gasteiger partial charge in [-0.05, 0) is 80.3 Å². The van der Waals surface area contributed by atoms with E-state index < -0.39 is 10.0 Å². The predicted molar refractivity (Wildman–Crippen MR) is 120 cm³/mol. The molecule has 0 aromatic heterocycles. The number of amides is 1. The first-order valence-electron chi connectivity index (χ1n) is 9.89. The molecule has 0 bridgehead atoms. The maximum absolute atomic E-state index is 13.2. The molecule has 3 aromatic rings. The molecule has 3 aromatic carbocycles. The highest BCUT2D eigenvalue weighted by molar-refractivity contribution is 7.92. The molecule has 1 aliphatic rings. The summed E-state index contributed by atoms with van der Waals surface area (Å²) in [4.78, 5) is 13.1. The van der Waals surface area contributed by atoms with E-state index in [9.17, 15) is 13.2 Å². The van der Waals surface area contributed by atoms with Crippen LogP contribution in [0.4, 0.5) is 11.4 Å². The Balaban J connectivity index is 1.64. The van der Waals surface area contributed by atoms with Crippen LogP contribution in [0.5, 0.6) is 0 Å². The molecular weight excluding hydrogens is 396 g/mol. The minimum absolute atomic E-state index is 0.205. The second-order valence-electron chi connectivity index (χ2n) is 7.71. The van der Waals surface area contributed by atoms with Crippen LogP contribution in [-0.2, 0) is 16.4 Å². The first kappa shape index (κ1) is 20.2. The number of aryl methyl sites for hydroxylation is 1. The molecule has 0 fully saturated rings. The standard InChI is InChI=1S/C24H24N2O3S/c1-16-8-7-11-22(18(16)3)25-24(27)19-12-13-23-20(15-19)14-17(2)26(23)30(28,29)21-9-5-4-6-10-21/h4-13,15,17H,14H2,1-3H3,(H,25,27)/t17-/m1/s1. The van der Waals surface area contributed by atoms with Crippen LogP contribution in [0.15, 0.2) is 71.6 Å². The summed E-state index contributed by atoms with van der Waals surface area (Å²) >= 11 is 0. The summed E-state index contributed by atoms with van der Waals surface area (Å²) in [5, 5.41) is 2.97. The molecule has 6 heteroatoms. The molecule has 0 saturated carbocycles. The summed E-state index contributed by atoms with van der Waals surface area (Å²) in [7, 11) is -3.66. The Labute approximate surface area is 177 Å². The van der Waals surface area contributed by atoms with Crippen LogP contribution in [0.3, 0.4) is 0 Å². The fourth-order valence-electron chi connectivity index (χ4n) is 3.90. The molecule has 0 radical (unpaired) electrons. The van der Waals surface area contributed by atoms with Crippen molar-refractivity contribution in [1.82, 2.24) is 0 Å². The average Bonchev–Trinajstić information content (AvgIpc) is 3.07. The Morgan fingerprint density at radius 1 is 1.00 bits per heavy atom. The Morgan fingerprint density at radius 3 is 2.47 bits per heavy atom. The third-order valence-corrected chi connectivity index (χ3v) is 7.59. The lowest BCUT2D eigenvalue weighted by molar-refractivity contribution is 0.102. The van der Waals surface area contributed by atoms with Gasteiger partial charge in [-0.25, -0.2) is 8.42 Å². The number of carbonyl (C=O) groups is 1. The molecule has 0 spiro atoms. The fourth-order valence-corrected chi connectivity index (χ4v) is 5.61. The van der Waals surface area contributed by atoms with Gasteiger partial charge in [-0.15, -0.1) is 0 Å². The van der Waals surface area contributed by atoms with Crippen molar-refractivity contribution in [1.29, 1.82) is 0 Å². The summed E-state index contributed by atoms with van der Waals surface area (Å²) in [6.07, 6.45) is 0.561. The van der Waals surface area contributed by atoms with Crippen molar-refractivity contribution in [3.8, 4) is 0 Å². The number of fused-ring (bicyclic) bond motifs is 1. The van der Waals surface area contributed by atoms with Crippen molar-refractivity contribution < 1.29 is 13.2 Å². The molecule has 4 rings (SSSR count). The van der Waals surface area contributed by atoms with E-state index in [4.69, 9.17) is 0 Å². The number of rotatable bonds is 4. The second kappa shape index (κ2) is 7.61. The molecule has 30 heavy (non-hydrogen) atoms. The minimum atomic E-state index is -3.66. The smallest absolute Gasteiger partial charge is 0.264 e. The summed E-state index contributed by atoms with van der Waals surface area (Å²) in [6.45, 7) is 5.86. The van der Waals surface area contributed by atoms with Gasteiger partial charge in [-0.3, -0.25) is 9.10 Å². The zero-order valence-electron chi connectivity index (χ0n) is 17.2. The van der Waals surface area contributed by atoms with Crippen LogP contribution in [0.25, 0.3) is 0 Å². The molecule has 0 unspecified atom stereocenters. The van der Waals surface area contributed by atoms with Crippen LogP contribution >= 0.6 is 0 Å². The van der Waals surface area contributed by atoms with Gasteiger partial charge < -0.3 is 5.32 Å². The van der Waals surface area contributed by atoms with E-state index in [0.29, 0.717) is 17.7 Å². The molecule has 0 aliphatic carbocycles. The van der Waals surface area contributed by atoms with Crippen molar-refractivity contribution in [2.45, 2.75) is 38.1 Å². The zero-order valence-corrected chi connectivity index (χ0v) is 18.0. The largest absolute Gasteiger partial charge is 0.322 e. The lowest BCUT2D eigenvalue weighted by atomic mass is 10.1. The predicted octanol–water partition coefficient (Wildman–Crippen LogP) is 4.70. The lowest BCUT2D eigenvalue weighted by Gasteiger charge is -2.24. The van der Waals surface area contributed by atoms with Gasteiger partial charge >= 0.3 is 0 Å². The molecule has 5 nitrogen and oxygen atoms in total. The van der Waals surface area contributed by atoms with Gasteiger partial charge in [0, 0.05) is 17.3 Å². The van der Waals surface area contributed by atoms with Crippen molar-refractivity contribution in [3.05, 3.63) is 89.0 Å². The normalized spacial score (nSPS) is 15.7. The van der Waals surface area contributed by atoms with Gasteiger partial charge in [0.05, 0.1) is 10.6 Å².